The van der Waals surface area contributed by atoms with E-state index in [0.717, 1.165) is 32.8 Å². The average molecular weight is 305 g/mol. The SMILES string of the molecule is CC(NCCC(=O)NCCN1CCOCC1)c1ccccc1. The minimum absolute atomic E-state index is 0.112. The Morgan fingerprint density at radius 1 is 1.23 bits per heavy atom. The van der Waals surface area contributed by atoms with Crippen LogP contribution in [0.3, 0.4) is 0 Å². The molecule has 22 heavy (non-hydrogen) atoms. The molecule has 1 fully saturated rings. The van der Waals surface area contributed by atoms with Crippen molar-refractivity contribution in [3.05, 3.63) is 35.9 Å². The number of rotatable bonds is 8. The second-order valence-corrected chi connectivity index (χ2v) is 5.64. The third-order valence-corrected chi connectivity index (χ3v) is 3.96. The van der Waals surface area contributed by atoms with Crippen LogP contribution in [0, 0.1) is 0 Å². The highest BCUT2D eigenvalue weighted by molar-refractivity contribution is 5.76. The van der Waals surface area contributed by atoms with Gasteiger partial charge in [-0.05, 0) is 12.5 Å². The molecular weight excluding hydrogens is 278 g/mol. The van der Waals surface area contributed by atoms with Gasteiger partial charge in [0, 0.05) is 45.2 Å². The molecule has 1 aromatic rings. The number of morpholine rings is 1. The molecule has 0 aliphatic carbocycles. The molecule has 0 spiro atoms. The van der Waals surface area contributed by atoms with Crippen LogP contribution in [-0.2, 0) is 9.53 Å². The molecule has 0 radical (unpaired) electrons. The Morgan fingerprint density at radius 2 is 1.95 bits per heavy atom. The van der Waals surface area contributed by atoms with Gasteiger partial charge in [-0.25, -0.2) is 0 Å². The summed E-state index contributed by atoms with van der Waals surface area (Å²) < 4.78 is 5.30. The standard InChI is InChI=1S/C17H27N3O2/c1-15(16-5-3-2-4-6-16)18-8-7-17(21)19-9-10-20-11-13-22-14-12-20/h2-6,15,18H,7-14H2,1H3,(H,19,21). The fraction of sp³-hybridized carbons (Fsp3) is 0.588. The summed E-state index contributed by atoms with van der Waals surface area (Å²) in [6, 6.07) is 10.5. The maximum absolute atomic E-state index is 11.8. The predicted molar refractivity (Wildman–Crippen MR) is 87.7 cm³/mol. The van der Waals surface area contributed by atoms with Crippen LogP contribution in [0.15, 0.2) is 30.3 Å². The summed E-state index contributed by atoms with van der Waals surface area (Å²) in [6.07, 6.45) is 0.514. The summed E-state index contributed by atoms with van der Waals surface area (Å²) in [5.41, 5.74) is 1.25. The van der Waals surface area contributed by atoms with Crippen molar-refractivity contribution in [1.82, 2.24) is 15.5 Å². The van der Waals surface area contributed by atoms with Crippen molar-refractivity contribution < 1.29 is 9.53 Å². The molecule has 5 nitrogen and oxygen atoms in total. The minimum atomic E-state index is 0.112. The van der Waals surface area contributed by atoms with Crippen LogP contribution in [0.5, 0.6) is 0 Å². The minimum Gasteiger partial charge on any atom is -0.379 e. The van der Waals surface area contributed by atoms with Crippen LogP contribution in [0.25, 0.3) is 0 Å². The van der Waals surface area contributed by atoms with Crippen molar-refractivity contribution in [3.8, 4) is 0 Å². The average Bonchev–Trinajstić information content (AvgIpc) is 2.56. The molecule has 5 heteroatoms. The Balaban J connectivity index is 1.54. The lowest BCUT2D eigenvalue weighted by Crippen LogP contribution is -2.41. The molecule has 1 saturated heterocycles. The van der Waals surface area contributed by atoms with Gasteiger partial charge in [-0.2, -0.15) is 0 Å². The van der Waals surface area contributed by atoms with E-state index in [4.69, 9.17) is 4.74 Å². The molecule has 122 valence electrons. The van der Waals surface area contributed by atoms with Crippen LogP contribution in [0.2, 0.25) is 0 Å². The number of carbonyl (C=O) groups excluding carboxylic acids is 1. The van der Waals surface area contributed by atoms with Crippen molar-refractivity contribution in [3.63, 3.8) is 0 Å². The van der Waals surface area contributed by atoms with Crippen molar-refractivity contribution in [2.24, 2.45) is 0 Å². The molecule has 0 saturated carbocycles. The number of ether oxygens (including phenoxy) is 1. The number of hydrogen-bond acceptors (Lipinski definition) is 4. The smallest absolute Gasteiger partial charge is 0.221 e. The third kappa shape index (κ3) is 6.13. The molecule has 1 atom stereocenters. The van der Waals surface area contributed by atoms with E-state index >= 15 is 0 Å². The molecule has 1 aliphatic rings. The molecule has 1 aromatic carbocycles. The van der Waals surface area contributed by atoms with E-state index in [9.17, 15) is 4.79 Å². The molecule has 1 aliphatic heterocycles. The van der Waals surface area contributed by atoms with Crippen LogP contribution in [0.4, 0.5) is 0 Å². The predicted octanol–water partition coefficient (Wildman–Crippen LogP) is 1.18. The zero-order valence-corrected chi connectivity index (χ0v) is 13.4. The molecule has 0 bridgehead atoms. The van der Waals surface area contributed by atoms with Gasteiger partial charge >= 0.3 is 0 Å². The van der Waals surface area contributed by atoms with E-state index in [2.05, 4.69) is 34.6 Å². The highest BCUT2D eigenvalue weighted by atomic mass is 16.5. The van der Waals surface area contributed by atoms with Crippen LogP contribution >= 0.6 is 0 Å². The first-order valence-electron chi connectivity index (χ1n) is 8.11. The quantitative estimate of drug-likeness (QED) is 0.757. The van der Waals surface area contributed by atoms with Gasteiger partial charge in [-0.1, -0.05) is 30.3 Å². The molecular formula is C17H27N3O2. The van der Waals surface area contributed by atoms with Gasteiger partial charge in [0.1, 0.15) is 0 Å². The number of amides is 1. The van der Waals surface area contributed by atoms with Crippen LogP contribution < -0.4 is 10.6 Å². The van der Waals surface area contributed by atoms with E-state index in [0.29, 0.717) is 19.5 Å². The third-order valence-electron chi connectivity index (χ3n) is 3.96. The van der Waals surface area contributed by atoms with Crippen molar-refractivity contribution in [2.75, 3.05) is 45.9 Å². The highest BCUT2D eigenvalue weighted by Crippen LogP contribution is 2.10. The number of nitrogens with zero attached hydrogens (tertiary/aromatic N) is 1. The number of carbonyl (C=O) groups is 1. The van der Waals surface area contributed by atoms with Crippen LogP contribution in [0.1, 0.15) is 24.9 Å². The number of nitrogens with one attached hydrogen (secondary N) is 2. The van der Waals surface area contributed by atoms with Gasteiger partial charge in [0.05, 0.1) is 13.2 Å². The van der Waals surface area contributed by atoms with Gasteiger partial charge < -0.3 is 15.4 Å². The first kappa shape index (κ1) is 16.9. The van der Waals surface area contributed by atoms with E-state index < -0.39 is 0 Å². The lowest BCUT2D eigenvalue weighted by molar-refractivity contribution is -0.121. The first-order valence-corrected chi connectivity index (χ1v) is 8.11. The Bertz CT molecular complexity index is 433. The summed E-state index contributed by atoms with van der Waals surface area (Å²) in [6.45, 7) is 7.96. The highest BCUT2D eigenvalue weighted by Gasteiger charge is 2.10. The number of benzene rings is 1. The normalized spacial score (nSPS) is 17.1. The van der Waals surface area contributed by atoms with E-state index in [1.807, 2.05) is 18.2 Å². The fourth-order valence-corrected chi connectivity index (χ4v) is 2.53. The second kappa shape index (κ2) is 9.56. The second-order valence-electron chi connectivity index (χ2n) is 5.64. The van der Waals surface area contributed by atoms with Gasteiger partial charge in [0.25, 0.3) is 0 Å². The van der Waals surface area contributed by atoms with Crippen LogP contribution in [-0.4, -0.2) is 56.7 Å². The summed E-state index contributed by atoms with van der Waals surface area (Å²) >= 11 is 0. The maximum Gasteiger partial charge on any atom is 0.221 e. The molecule has 2 N–H and O–H groups in total. The maximum atomic E-state index is 11.8. The zero-order valence-electron chi connectivity index (χ0n) is 13.4. The number of hydrogen-bond donors (Lipinski definition) is 2. The Morgan fingerprint density at radius 3 is 2.68 bits per heavy atom. The fourth-order valence-electron chi connectivity index (χ4n) is 2.53. The van der Waals surface area contributed by atoms with Gasteiger partial charge in [0.15, 0.2) is 0 Å². The Hall–Kier alpha value is -1.43. The summed E-state index contributed by atoms with van der Waals surface area (Å²) in [5.74, 6) is 0.112. The monoisotopic (exact) mass is 305 g/mol. The van der Waals surface area contributed by atoms with Gasteiger partial charge in [-0.3, -0.25) is 9.69 Å². The molecule has 1 heterocycles. The van der Waals surface area contributed by atoms with E-state index in [-0.39, 0.29) is 11.9 Å². The molecule has 1 amide bonds. The molecule has 1 unspecified atom stereocenters. The lowest BCUT2D eigenvalue weighted by Gasteiger charge is -2.26. The summed E-state index contributed by atoms with van der Waals surface area (Å²) in [7, 11) is 0. The largest absolute Gasteiger partial charge is 0.379 e. The van der Waals surface area contributed by atoms with E-state index in [1.54, 1.807) is 0 Å². The topological polar surface area (TPSA) is 53.6 Å². The lowest BCUT2D eigenvalue weighted by atomic mass is 10.1. The zero-order chi connectivity index (χ0) is 15.6. The summed E-state index contributed by atoms with van der Waals surface area (Å²) in [5, 5.41) is 6.36. The van der Waals surface area contributed by atoms with Crippen molar-refractivity contribution in [2.45, 2.75) is 19.4 Å². The van der Waals surface area contributed by atoms with Crippen molar-refractivity contribution in [1.29, 1.82) is 0 Å². The van der Waals surface area contributed by atoms with Gasteiger partial charge in [-0.15, -0.1) is 0 Å². The molecule has 2 rings (SSSR count). The first-order chi connectivity index (χ1) is 10.8. The van der Waals surface area contributed by atoms with E-state index in [1.165, 1.54) is 5.56 Å². The van der Waals surface area contributed by atoms with Crippen molar-refractivity contribution >= 4 is 5.91 Å². The van der Waals surface area contributed by atoms with Gasteiger partial charge in [0.2, 0.25) is 5.91 Å². The Kier molecular flexibility index (Phi) is 7.36. The summed E-state index contributed by atoms with van der Waals surface area (Å²) in [4.78, 5) is 14.1. The Labute approximate surface area is 133 Å². The molecule has 0 aromatic heterocycles.